The van der Waals surface area contributed by atoms with E-state index in [0.717, 1.165) is 79.0 Å². The Morgan fingerprint density at radius 3 is 0.882 bits per heavy atom. The molecule has 0 amide bonds. The second kappa shape index (κ2) is 57.2. The van der Waals surface area contributed by atoms with E-state index in [9.17, 15) is 106 Å². The van der Waals surface area contributed by atoms with Crippen molar-refractivity contribution in [2.75, 3.05) is 46.2 Å². The predicted molar refractivity (Wildman–Crippen MR) is 520 cm³/mol. The average molecular weight is 2110 g/mol. The molecule has 0 saturated heterocycles. The van der Waals surface area contributed by atoms with Crippen LogP contribution in [0.25, 0.3) is 0 Å². The number of hydrogen-bond donors (Lipinski definition) is 1. The normalized spacial score (nSPS) is 13.1. The molecule has 14 nitrogen and oxygen atoms in total. The van der Waals surface area contributed by atoms with Gasteiger partial charge >= 0.3 is 43.5 Å². The second-order valence-corrected chi connectivity index (χ2v) is 42.5. The molecule has 0 aromatic heterocycles. The fourth-order valence-electron chi connectivity index (χ4n) is 12.3. The molecule has 7 aromatic rings. The smallest absolute Gasteiger partial charge is 0.493 e. The number of hydrogen-bond acceptors (Lipinski definition) is 15. The molecule has 0 spiro atoms. The largest absolute Gasteiger partial charge is 0.573 e. The van der Waals surface area contributed by atoms with Gasteiger partial charge in [0.2, 0.25) is 0 Å². The molecular weight excluding hydrogens is 1960 g/mol. The van der Waals surface area contributed by atoms with E-state index in [2.05, 4.69) is 44.5 Å². The minimum absolute atomic E-state index is 0.0229. The number of ether oxygens (including phenoxy) is 12. The summed E-state index contributed by atoms with van der Waals surface area (Å²) in [7, 11) is 0. The van der Waals surface area contributed by atoms with Crippen LogP contribution in [0.2, 0.25) is 0 Å². The van der Waals surface area contributed by atoms with Crippen LogP contribution in [0.1, 0.15) is 310 Å². The van der Waals surface area contributed by atoms with Gasteiger partial charge in [-0.15, -0.1) is 65.9 Å². The molecule has 3 atom stereocenters. The van der Waals surface area contributed by atoms with Gasteiger partial charge in [-0.1, -0.05) is 257 Å². The van der Waals surface area contributed by atoms with Gasteiger partial charge < -0.3 is 61.9 Å². The lowest BCUT2D eigenvalue weighted by Crippen LogP contribution is -2.20. The van der Waals surface area contributed by atoms with Gasteiger partial charge in [0.15, 0.2) is 5.78 Å². The third kappa shape index (κ3) is 55.4. The first-order chi connectivity index (χ1) is 65.4. The summed E-state index contributed by atoms with van der Waals surface area (Å²) in [5.74, 6) is 1.94. The molecule has 0 aliphatic heterocycles. The van der Waals surface area contributed by atoms with Gasteiger partial charge in [-0.05, 0) is 188 Å². The maximum Gasteiger partial charge on any atom is 0.573 e. The summed E-state index contributed by atoms with van der Waals surface area (Å²) in [6, 6.07) is 28.8. The van der Waals surface area contributed by atoms with Gasteiger partial charge in [0.25, 0.3) is 0 Å². The predicted octanol–water partition coefficient (Wildman–Crippen LogP) is 34.9. The highest BCUT2D eigenvalue weighted by molar-refractivity contribution is 8.00. The van der Waals surface area contributed by atoms with Crippen molar-refractivity contribution < 1.29 is 163 Å². The number of ketones is 1. The fraction of sp³-hybridized carbons (Fsp3) is 0.598. The molecule has 820 valence electrons. The molecule has 0 aliphatic carbocycles. The molecule has 3 unspecified atom stereocenters. The number of carbonyl (C=O) groups is 1. The minimum Gasteiger partial charge on any atom is -0.493 e. The van der Waals surface area contributed by atoms with E-state index in [1.165, 1.54) is 78.9 Å². The van der Waals surface area contributed by atoms with Gasteiger partial charge in [-0.2, -0.15) is 26.3 Å². The molecule has 0 fully saturated rings. The van der Waals surface area contributed by atoms with Crippen LogP contribution in [-0.2, 0) is 48.9 Å². The summed E-state index contributed by atoms with van der Waals surface area (Å²) in [5.41, 5.74) is -1.67. The number of aliphatic hydroxyl groups is 1. The van der Waals surface area contributed by atoms with Gasteiger partial charge in [-0.25, -0.2) is 4.39 Å². The monoisotopic (exact) mass is 2110 g/mol. The van der Waals surface area contributed by atoms with E-state index in [1.54, 1.807) is 51.1 Å². The van der Waals surface area contributed by atoms with Crippen LogP contribution in [0, 0.1) is 11.8 Å². The van der Waals surface area contributed by atoms with Gasteiger partial charge in [0, 0.05) is 52.8 Å². The SMILES string of the molecule is CC(C)CCOc1cc(OC(F)(F)F)ccc1C(C)(C)C.CCC(=O)COc1cc(OC(F)(F)F)ccc1C(C)(C)C.CCC(C)COc1cc(OC(F)(F)F)ccc1C(C)(C)C.CCC(F)COc1cc(OC(F)(F)F)ccc1C(C)(C)C.CCC(O)COc1cc(OC(F)(F)F)ccc1C(C)(C)C.CCCCOc1ccc(C(F)(F)F)cc1C(C)(C)C.CCCCOc1ccc(SC(F)(F)F)cc1C(C)(C)C. The van der Waals surface area contributed by atoms with Crippen molar-refractivity contribution in [2.45, 2.75) is 364 Å². The van der Waals surface area contributed by atoms with E-state index in [4.69, 9.17) is 33.2 Å². The molecule has 0 radical (unpaired) electrons. The van der Waals surface area contributed by atoms with Crippen molar-refractivity contribution in [1.29, 1.82) is 0 Å². The Hall–Kier alpha value is -9.42. The Morgan fingerprint density at radius 2 is 0.611 bits per heavy atom. The topological polar surface area (TPSA) is 148 Å². The summed E-state index contributed by atoms with van der Waals surface area (Å²) in [6.45, 7) is 59.9. The van der Waals surface area contributed by atoms with E-state index < -0.39 is 61.3 Å². The molecule has 0 aliphatic rings. The zero-order valence-corrected chi connectivity index (χ0v) is 89.0. The summed E-state index contributed by atoms with van der Waals surface area (Å²) in [4.78, 5) is 11.5. The van der Waals surface area contributed by atoms with E-state index >= 15 is 0 Å². The quantitative estimate of drug-likeness (QED) is 0.0231. The first kappa shape index (κ1) is 133. The lowest BCUT2D eigenvalue weighted by atomic mass is 9.85. The van der Waals surface area contributed by atoms with Crippen molar-refractivity contribution in [2.24, 2.45) is 11.8 Å². The number of thioether (sulfide) groups is 1. The number of alkyl halides is 22. The van der Waals surface area contributed by atoms with Crippen molar-refractivity contribution in [3.8, 4) is 69.0 Å². The Kier molecular flexibility index (Phi) is 52.7. The number of rotatable bonds is 34. The van der Waals surface area contributed by atoms with Crippen LogP contribution in [0.3, 0.4) is 0 Å². The van der Waals surface area contributed by atoms with Crippen molar-refractivity contribution >= 4 is 17.5 Å². The van der Waals surface area contributed by atoms with E-state index in [1.807, 2.05) is 166 Å². The Bertz CT molecular complexity index is 4710. The van der Waals surface area contributed by atoms with E-state index in [0.29, 0.717) is 90.8 Å². The number of benzene rings is 7. The second-order valence-electron chi connectivity index (χ2n) is 41.3. The summed E-state index contributed by atoms with van der Waals surface area (Å²) in [6.07, 6.45) is -23.1. The Labute approximate surface area is 840 Å². The lowest BCUT2D eigenvalue weighted by Gasteiger charge is -2.24. The van der Waals surface area contributed by atoms with Crippen LogP contribution in [0.15, 0.2) is 132 Å². The van der Waals surface area contributed by atoms with Crippen molar-refractivity contribution in [1.82, 2.24) is 0 Å². The Morgan fingerprint density at radius 1 is 0.319 bits per heavy atom. The van der Waals surface area contributed by atoms with Gasteiger partial charge in [-0.3, -0.25) is 4.79 Å². The third-order valence-electron chi connectivity index (χ3n) is 20.3. The molecule has 7 rings (SSSR count). The van der Waals surface area contributed by atoms with Gasteiger partial charge in [0.1, 0.15) is 95.0 Å². The number of halogens is 22. The highest BCUT2D eigenvalue weighted by Crippen LogP contribution is 2.46. The zero-order chi connectivity index (χ0) is 111. The summed E-state index contributed by atoms with van der Waals surface area (Å²) < 4.78 is 332. The number of unbranched alkanes of at least 4 members (excludes halogenated alkanes) is 2. The van der Waals surface area contributed by atoms with Crippen LogP contribution in [0.4, 0.5) is 96.6 Å². The molecule has 144 heavy (non-hydrogen) atoms. The average Bonchev–Trinajstić information content (AvgIpc) is 0.782. The van der Waals surface area contributed by atoms with E-state index in [-0.39, 0.29) is 133 Å². The first-order valence-electron chi connectivity index (χ1n) is 47.3. The minimum atomic E-state index is -4.77. The molecule has 0 bridgehead atoms. The maximum absolute atomic E-state index is 13.3. The summed E-state index contributed by atoms with van der Waals surface area (Å²) >= 11 is -0.0875. The molecule has 0 saturated carbocycles. The lowest BCUT2D eigenvalue weighted by molar-refractivity contribution is -0.275. The molecule has 0 heterocycles. The highest BCUT2D eigenvalue weighted by Gasteiger charge is 2.39. The third-order valence-corrected chi connectivity index (χ3v) is 21.0. The zero-order valence-electron chi connectivity index (χ0n) is 88.2. The van der Waals surface area contributed by atoms with Crippen LogP contribution >= 0.6 is 11.8 Å². The van der Waals surface area contributed by atoms with Crippen LogP contribution in [-0.4, -0.2) is 107 Å². The van der Waals surface area contributed by atoms with Crippen LogP contribution in [0.5, 0.6) is 69.0 Å². The number of aliphatic hydroxyl groups excluding tert-OH is 1. The maximum atomic E-state index is 13.3. The number of carbonyl (C=O) groups excluding carboxylic acids is 1. The number of Topliss-reactive ketones (excluding diaryl/α,β-unsaturated/α-hetero) is 1. The highest BCUT2D eigenvalue weighted by atomic mass is 32.2. The molecule has 37 heteroatoms. The van der Waals surface area contributed by atoms with Gasteiger partial charge in [0.05, 0.1) is 38.1 Å². The Balaban J connectivity index is 0.000000840. The van der Waals surface area contributed by atoms with Crippen molar-refractivity contribution in [3.05, 3.63) is 172 Å². The molecular formula is C107H148F22O14S. The molecule has 1 N–H and O–H groups in total. The standard InChI is InChI=1S/2C16H23F3O2.C15H20F4O2.C15H21F3O3.C15H19F3O3.C15H21F3OS.C15H21F3O/c1-11(2)8-9-20-14-10-12(21-16(17,18)19)6-7-13(14)15(3,4)5;1-6-11(2)10-20-14-9-12(21-16(17,18)19)7-8-13(14)15(3,4)5;1-5-10(16)9-20-13-8-11(21-15(17,18)19)6-7-12(13)14(2,3)4;2*1-5-10(19)9-20-13-8-11(21-15(16,17)18)6-7-12(13)14(2,3)4;1-5-6-9-19-13-8-7-11(20-15(16,17)18)10-12(13)14(2,3)4;1-5-6-9-19-13-8-7-11(15(16,17)18)10-12(13)14(2,3)4/h6-7,10-11H,8-9H2,1-5H3;7-9,11H,6,10H2,1-5H3;6-8,10H,5,9H2,1-4H3;6-8,10,19H,5,9H2,1-4H3;6-8H,5,9H2,1-4H3;7-8,10H,5-6,9H2,1-4H3;7-8,10H,5-6,9H2,1-4H3. The van der Waals surface area contributed by atoms with Crippen LogP contribution < -0.4 is 56.8 Å². The van der Waals surface area contributed by atoms with Crippen molar-refractivity contribution in [3.63, 3.8) is 0 Å². The molecule has 7 aromatic carbocycles. The fourth-order valence-corrected chi connectivity index (χ4v) is 12.9. The summed E-state index contributed by atoms with van der Waals surface area (Å²) in [5, 5.41) is 9.53. The first-order valence-corrected chi connectivity index (χ1v) is 48.1.